The van der Waals surface area contributed by atoms with Gasteiger partial charge in [0.25, 0.3) is 0 Å². The number of fused-ring (bicyclic) bond motifs is 1. The number of imidazole rings is 1. The maximum atomic E-state index is 12.9. The summed E-state index contributed by atoms with van der Waals surface area (Å²) in [5, 5.41) is 0.482. The molecular formula is C24H19ClN4O2. The molecule has 0 radical (unpaired) electrons. The fourth-order valence-corrected chi connectivity index (χ4v) is 4.00. The molecule has 31 heavy (non-hydrogen) atoms. The Bertz CT molecular complexity index is 1400. The van der Waals surface area contributed by atoms with Crippen molar-refractivity contribution in [1.82, 2.24) is 19.1 Å². The van der Waals surface area contributed by atoms with Gasteiger partial charge in [-0.25, -0.2) is 4.79 Å². The molecule has 0 atom stereocenters. The number of hydrogen-bond donors (Lipinski definition) is 0. The molecular weight excluding hydrogens is 412 g/mol. The number of allylic oxidation sites excluding steroid dienone is 1. The SMILES string of the molecule is COc1cc(-n2c(-c3cc(-c4cnc5c(c4)C=CC5)ccn3)cn(C)c2=O)ccc1Cl. The van der Waals surface area contributed by atoms with Gasteiger partial charge >= 0.3 is 5.69 Å². The van der Waals surface area contributed by atoms with E-state index in [2.05, 4.69) is 28.2 Å². The van der Waals surface area contributed by atoms with E-state index in [0.717, 1.165) is 28.8 Å². The standard InChI is InChI=1S/C24H19ClN4O2/c1-28-14-22(29(24(28)30)18-6-7-19(25)23(12-18)31-2)21-11-15(8-9-26-21)17-10-16-4-3-5-20(16)27-13-17/h3-4,6-14H,5H2,1-2H3. The molecule has 3 aromatic heterocycles. The van der Waals surface area contributed by atoms with Crippen molar-refractivity contribution in [3.05, 3.63) is 87.8 Å². The summed E-state index contributed by atoms with van der Waals surface area (Å²) in [4.78, 5) is 22.1. The highest BCUT2D eigenvalue weighted by Gasteiger charge is 2.17. The third kappa shape index (κ3) is 3.35. The Morgan fingerprint density at radius 2 is 1.97 bits per heavy atom. The van der Waals surface area contributed by atoms with Crippen LogP contribution in [0.15, 0.2) is 65.9 Å². The number of rotatable bonds is 4. The van der Waals surface area contributed by atoms with E-state index in [1.54, 1.807) is 49.3 Å². The van der Waals surface area contributed by atoms with E-state index in [-0.39, 0.29) is 5.69 Å². The van der Waals surface area contributed by atoms with E-state index >= 15 is 0 Å². The molecule has 154 valence electrons. The third-order valence-electron chi connectivity index (χ3n) is 5.41. The second-order valence-electron chi connectivity index (χ2n) is 7.36. The van der Waals surface area contributed by atoms with E-state index in [0.29, 0.717) is 27.8 Å². The molecule has 0 N–H and O–H groups in total. The van der Waals surface area contributed by atoms with Gasteiger partial charge in [0.2, 0.25) is 0 Å². The Balaban J connectivity index is 1.64. The molecule has 0 amide bonds. The fraction of sp³-hybridized carbons (Fsp3) is 0.125. The molecule has 7 heteroatoms. The average Bonchev–Trinajstić information content (AvgIpc) is 3.38. The van der Waals surface area contributed by atoms with Gasteiger partial charge < -0.3 is 9.30 Å². The minimum Gasteiger partial charge on any atom is -0.495 e. The molecule has 4 aromatic rings. The van der Waals surface area contributed by atoms with E-state index in [4.69, 9.17) is 16.3 Å². The Morgan fingerprint density at radius 3 is 2.81 bits per heavy atom. The van der Waals surface area contributed by atoms with Gasteiger partial charge in [-0.05, 0) is 41.5 Å². The molecule has 0 bridgehead atoms. The van der Waals surface area contributed by atoms with Crippen LogP contribution in [-0.4, -0.2) is 26.2 Å². The lowest BCUT2D eigenvalue weighted by Crippen LogP contribution is -2.21. The van der Waals surface area contributed by atoms with Crippen LogP contribution < -0.4 is 10.4 Å². The van der Waals surface area contributed by atoms with Crippen LogP contribution in [0.1, 0.15) is 11.3 Å². The van der Waals surface area contributed by atoms with Crippen molar-refractivity contribution >= 4 is 17.7 Å². The smallest absolute Gasteiger partial charge is 0.333 e. The van der Waals surface area contributed by atoms with Gasteiger partial charge in [-0.3, -0.25) is 14.5 Å². The van der Waals surface area contributed by atoms with Crippen LogP contribution in [0.3, 0.4) is 0 Å². The zero-order chi connectivity index (χ0) is 21.5. The Kier molecular flexibility index (Phi) is 4.71. The van der Waals surface area contributed by atoms with Crippen LogP contribution in [0, 0.1) is 0 Å². The molecule has 0 fully saturated rings. The Morgan fingerprint density at radius 1 is 1.10 bits per heavy atom. The number of ether oxygens (including phenoxy) is 1. The van der Waals surface area contributed by atoms with Crippen LogP contribution in [0.5, 0.6) is 5.75 Å². The molecule has 5 rings (SSSR count). The Labute approximate surface area is 184 Å². The van der Waals surface area contributed by atoms with Gasteiger partial charge in [0.1, 0.15) is 5.75 Å². The number of aromatic nitrogens is 4. The second kappa shape index (κ2) is 7.56. The molecule has 1 aliphatic carbocycles. The molecule has 6 nitrogen and oxygen atoms in total. The summed E-state index contributed by atoms with van der Waals surface area (Å²) in [6.07, 6.45) is 10.5. The molecule has 0 unspecified atom stereocenters. The summed E-state index contributed by atoms with van der Waals surface area (Å²) in [6, 6.07) is 11.3. The first-order valence-corrected chi connectivity index (χ1v) is 10.2. The van der Waals surface area contributed by atoms with Gasteiger partial charge in [0.05, 0.1) is 34.9 Å². The molecule has 3 heterocycles. The normalized spacial score (nSPS) is 12.2. The van der Waals surface area contributed by atoms with E-state index < -0.39 is 0 Å². The minimum atomic E-state index is -0.184. The number of halogens is 1. The largest absolute Gasteiger partial charge is 0.495 e. The highest BCUT2D eigenvalue weighted by Crippen LogP contribution is 2.30. The molecule has 0 saturated carbocycles. The van der Waals surface area contributed by atoms with Gasteiger partial charge in [0, 0.05) is 43.7 Å². The van der Waals surface area contributed by atoms with Crippen molar-refractivity contribution in [2.45, 2.75) is 6.42 Å². The summed E-state index contributed by atoms with van der Waals surface area (Å²) < 4.78 is 8.47. The fourth-order valence-electron chi connectivity index (χ4n) is 3.81. The summed E-state index contributed by atoms with van der Waals surface area (Å²) in [5.74, 6) is 0.500. The van der Waals surface area contributed by atoms with Crippen LogP contribution in [0.25, 0.3) is 34.3 Å². The van der Waals surface area contributed by atoms with Crippen molar-refractivity contribution in [3.8, 4) is 34.0 Å². The molecule has 0 aliphatic heterocycles. The van der Waals surface area contributed by atoms with Crippen LogP contribution in [-0.2, 0) is 13.5 Å². The Hall–Kier alpha value is -3.64. The number of benzene rings is 1. The number of pyridine rings is 2. The predicted octanol–water partition coefficient (Wildman–Crippen LogP) is 4.53. The number of aryl methyl sites for hydroxylation is 1. The monoisotopic (exact) mass is 430 g/mol. The third-order valence-corrected chi connectivity index (χ3v) is 5.72. The molecule has 0 saturated heterocycles. The molecule has 1 aromatic carbocycles. The van der Waals surface area contributed by atoms with E-state index in [9.17, 15) is 4.79 Å². The average molecular weight is 431 g/mol. The molecule has 0 spiro atoms. The summed E-state index contributed by atoms with van der Waals surface area (Å²) in [7, 11) is 3.26. The zero-order valence-corrected chi connectivity index (χ0v) is 17.8. The number of hydrogen-bond acceptors (Lipinski definition) is 4. The van der Waals surface area contributed by atoms with Crippen LogP contribution >= 0.6 is 11.6 Å². The predicted molar refractivity (Wildman–Crippen MR) is 122 cm³/mol. The molecule has 1 aliphatic rings. The summed E-state index contributed by atoms with van der Waals surface area (Å²) in [6.45, 7) is 0. The first-order chi connectivity index (χ1) is 15.0. The zero-order valence-electron chi connectivity index (χ0n) is 17.0. The quantitative estimate of drug-likeness (QED) is 0.477. The van der Waals surface area contributed by atoms with Crippen molar-refractivity contribution in [3.63, 3.8) is 0 Å². The van der Waals surface area contributed by atoms with E-state index in [1.807, 2.05) is 18.3 Å². The second-order valence-corrected chi connectivity index (χ2v) is 7.77. The van der Waals surface area contributed by atoms with E-state index in [1.165, 1.54) is 4.57 Å². The van der Waals surface area contributed by atoms with Gasteiger partial charge in [-0.15, -0.1) is 0 Å². The first kappa shape index (κ1) is 19.3. The minimum absolute atomic E-state index is 0.184. The van der Waals surface area contributed by atoms with Crippen LogP contribution in [0.2, 0.25) is 5.02 Å². The van der Waals surface area contributed by atoms with Gasteiger partial charge in [-0.1, -0.05) is 23.8 Å². The maximum Gasteiger partial charge on any atom is 0.333 e. The van der Waals surface area contributed by atoms with Crippen molar-refractivity contribution in [2.24, 2.45) is 7.05 Å². The van der Waals surface area contributed by atoms with Crippen LogP contribution in [0.4, 0.5) is 0 Å². The number of methoxy groups -OCH3 is 1. The van der Waals surface area contributed by atoms with Crippen molar-refractivity contribution < 1.29 is 4.74 Å². The van der Waals surface area contributed by atoms with Crippen molar-refractivity contribution in [2.75, 3.05) is 7.11 Å². The maximum absolute atomic E-state index is 12.9. The highest BCUT2D eigenvalue weighted by atomic mass is 35.5. The lowest BCUT2D eigenvalue weighted by atomic mass is 10.0. The highest BCUT2D eigenvalue weighted by molar-refractivity contribution is 6.32. The number of nitrogens with zero attached hydrogens (tertiary/aromatic N) is 4. The summed E-state index contributed by atoms with van der Waals surface area (Å²) in [5.41, 5.74) is 6.04. The van der Waals surface area contributed by atoms with Crippen molar-refractivity contribution in [1.29, 1.82) is 0 Å². The summed E-state index contributed by atoms with van der Waals surface area (Å²) >= 11 is 6.17. The topological polar surface area (TPSA) is 61.9 Å². The van der Waals surface area contributed by atoms with Gasteiger partial charge in [0.15, 0.2) is 0 Å². The lowest BCUT2D eigenvalue weighted by Gasteiger charge is -2.11. The van der Waals surface area contributed by atoms with Gasteiger partial charge in [-0.2, -0.15) is 0 Å². The first-order valence-electron chi connectivity index (χ1n) is 9.79. The lowest BCUT2D eigenvalue weighted by molar-refractivity contribution is 0.415.